The molecule has 0 saturated carbocycles. The molecule has 1 heterocycles. The quantitative estimate of drug-likeness (QED) is 0.137. The predicted molar refractivity (Wildman–Crippen MR) is 253 cm³/mol. The molecule has 288 valence electrons. The molecule has 2 heteroatoms. The molecule has 0 unspecified atom stereocenters. The van der Waals surface area contributed by atoms with Crippen LogP contribution >= 0.6 is 11.6 Å². The zero-order valence-electron chi connectivity index (χ0n) is 34.3. The molecular weight excluding hydrogens is 734 g/mol. The van der Waals surface area contributed by atoms with Crippen molar-refractivity contribution < 1.29 is 0 Å². The first kappa shape index (κ1) is 37.1. The number of hydrogen-bond donors (Lipinski definition) is 0. The number of hydrogen-bond acceptors (Lipinski definition) is 0. The number of halogens is 1. The minimum atomic E-state index is -0.0895. The van der Waals surface area contributed by atoms with Crippen LogP contribution in [0.5, 0.6) is 0 Å². The third-order valence-electron chi connectivity index (χ3n) is 12.8. The monoisotopic (exact) mass is 781 g/mol. The van der Waals surface area contributed by atoms with Crippen LogP contribution in [0.15, 0.2) is 170 Å². The van der Waals surface area contributed by atoms with E-state index in [2.05, 4.69) is 190 Å². The fourth-order valence-electron chi connectivity index (χ4n) is 10.2. The molecule has 0 fully saturated rings. The van der Waals surface area contributed by atoms with Crippen LogP contribution in [0.3, 0.4) is 0 Å². The second-order valence-electron chi connectivity index (χ2n) is 16.7. The van der Waals surface area contributed by atoms with Crippen LogP contribution in [0.1, 0.15) is 62.8 Å². The Morgan fingerprint density at radius 2 is 0.949 bits per heavy atom. The summed E-state index contributed by atoms with van der Waals surface area (Å²) in [6.07, 6.45) is 4.11. The fourth-order valence-corrected chi connectivity index (χ4v) is 10.3. The number of benzene rings is 8. The number of nitrogens with zero attached hydrogens (tertiary/aromatic N) is 1. The molecule has 1 aromatic heterocycles. The highest BCUT2D eigenvalue weighted by Crippen LogP contribution is 2.53. The average Bonchev–Trinajstić information content (AvgIpc) is 3.72. The van der Waals surface area contributed by atoms with Gasteiger partial charge in [-0.1, -0.05) is 180 Å². The van der Waals surface area contributed by atoms with E-state index < -0.39 is 0 Å². The Kier molecular flexibility index (Phi) is 9.38. The van der Waals surface area contributed by atoms with Crippen molar-refractivity contribution in [3.05, 3.63) is 197 Å². The first-order chi connectivity index (χ1) is 28.9. The topological polar surface area (TPSA) is 4.93 Å². The highest BCUT2D eigenvalue weighted by molar-refractivity contribution is 6.30. The highest BCUT2D eigenvalue weighted by atomic mass is 35.5. The Labute approximate surface area is 353 Å². The van der Waals surface area contributed by atoms with Gasteiger partial charge in [0.2, 0.25) is 0 Å². The Hall–Kier alpha value is -6.15. The lowest BCUT2D eigenvalue weighted by Gasteiger charge is -2.28. The van der Waals surface area contributed by atoms with E-state index in [1.165, 1.54) is 99.7 Å². The van der Waals surface area contributed by atoms with Crippen molar-refractivity contribution in [2.45, 2.75) is 58.8 Å². The van der Waals surface area contributed by atoms with Gasteiger partial charge in [0.25, 0.3) is 0 Å². The van der Waals surface area contributed by atoms with Gasteiger partial charge in [0, 0.05) is 26.9 Å². The van der Waals surface area contributed by atoms with Crippen LogP contribution in [0.4, 0.5) is 0 Å². The van der Waals surface area contributed by atoms with E-state index in [0.29, 0.717) is 0 Å². The van der Waals surface area contributed by atoms with Gasteiger partial charge < -0.3 is 4.57 Å². The van der Waals surface area contributed by atoms with Crippen LogP contribution in [-0.2, 0) is 18.3 Å². The van der Waals surface area contributed by atoms with Crippen molar-refractivity contribution in [1.82, 2.24) is 4.57 Å². The van der Waals surface area contributed by atoms with Crippen molar-refractivity contribution in [3.63, 3.8) is 0 Å². The summed E-state index contributed by atoms with van der Waals surface area (Å²) in [5.74, 6) is 0. The Morgan fingerprint density at radius 1 is 0.441 bits per heavy atom. The molecule has 0 N–H and O–H groups in total. The second-order valence-corrected chi connectivity index (χ2v) is 17.1. The first-order valence-corrected chi connectivity index (χ1v) is 21.6. The number of rotatable bonds is 9. The minimum Gasteiger partial charge on any atom is -0.309 e. The normalized spacial score (nSPS) is 12.9. The van der Waals surface area contributed by atoms with E-state index in [9.17, 15) is 0 Å². The molecule has 0 radical (unpaired) electrons. The Morgan fingerprint density at radius 3 is 1.54 bits per heavy atom. The largest absolute Gasteiger partial charge is 0.309 e. The number of fused-ring (bicyclic) bond motifs is 6. The lowest BCUT2D eigenvalue weighted by molar-refractivity contribution is 0.661. The third-order valence-corrected chi connectivity index (χ3v) is 13.0. The van der Waals surface area contributed by atoms with Crippen molar-refractivity contribution in [1.29, 1.82) is 0 Å². The smallest absolute Gasteiger partial charge is 0.0544 e. The molecule has 0 spiro atoms. The summed E-state index contributed by atoms with van der Waals surface area (Å²) >= 11 is 6.60. The number of aromatic nitrogens is 1. The molecule has 0 atom stereocenters. The van der Waals surface area contributed by atoms with Crippen LogP contribution < -0.4 is 0 Å². The molecule has 0 aliphatic heterocycles. The standard InChI is InChI=1S/C57H48ClN/c1-5-17-45-46(18-6-2)54(38-21-11-8-12-22-38)56(55(39-27-31-41(58)32-28-39)53(45)37-19-9-7-10-20-37)40-29-33-42(34-30-40)59-51-26-16-14-24-44(51)48-35-47-43-23-13-15-25-49(43)57(3,4)50(47)36-52(48)59/h7-16,19-36H,5-6,17-18H2,1-4H3. The molecule has 1 aliphatic rings. The molecule has 1 nitrogen and oxygen atoms in total. The zero-order chi connectivity index (χ0) is 40.3. The van der Waals surface area contributed by atoms with Gasteiger partial charge in [-0.05, 0) is 133 Å². The van der Waals surface area contributed by atoms with Crippen molar-refractivity contribution >= 4 is 33.4 Å². The first-order valence-electron chi connectivity index (χ1n) is 21.3. The Bertz CT molecular complexity index is 3010. The lowest BCUT2D eigenvalue weighted by Crippen LogP contribution is -2.14. The molecule has 0 bridgehead atoms. The Balaban J connectivity index is 1.26. The summed E-state index contributed by atoms with van der Waals surface area (Å²) in [6, 6.07) is 62.8. The van der Waals surface area contributed by atoms with E-state index in [0.717, 1.165) is 36.4 Å². The maximum absolute atomic E-state index is 6.60. The molecule has 0 amide bonds. The van der Waals surface area contributed by atoms with Crippen molar-refractivity contribution in [3.8, 4) is 61.3 Å². The van der Waals surface area contributed by atoms with Gasteiger partial charge in [-0.25, -0.2) is 0 Å². The van der Waals surface area contributed by atoms with E-state index in [1.54, 1.807) is 0 Å². The minimum absolute atomic E-state index is 0.0895. The van der Waals surface area contributed by atoms with Gasteiger partial charge in [-0.2, -0.15) is 0 Å². The maximum Gasteiger partial charge on any atom is 0.0544 e. The SMILES string of the molecule is CCCc1c(CCC)c(-c2ccccc2)c(-c2ccc(-n3c4ccccc4c4cc5c(cc43)C(C)(C)c3ccccc3-5)cc2)c(-c2ccc(Cl)cc2)c1-c1ccccc1. The van der Waals surface area contributed by atoms with Gasteiger partial charge in [-0.3, -0.25) is 0 Å². The zero-order valence-corrected chi connectivity index (χ0v) is 35.1. The molecule has 9 aromatic rings. The summed E-state index contributed by atoms with van der Waals surface area (Å²) in [5, 5.41) is 3.30. The lowest BCUT2D eigenvalue weighted by atomic mass is 9.75. The van der Waals surface area contributed by atoms with Gasteiger partial charge in [-0.15, -0.1) is 0 Å². The van der Waals surface area contributed by atoms with E-state index in [-0.39, 0.29) is 5.41 Å². The summed E-state index contributed by atoms with van der Waals surface area (Å²) in [4.78, 5) is 0. The van der Waals surface area contributed by atoms with Crippen LogP contribution in [0.25, 0.3) is 83.1 Å². The van der Waals surface area contributed by atoms with Crippen molar-refractivity contribution in [2.75, 3.05) is 0 Å². The number of para-hydroxylation sites is 1. The summed E-state index contributed by atoms with van der Waals surface area (Å²) in [5.41, 5.74) is 22.0. The average molecular weight is 782 g/mol. The van der Waals surface area contributed by atoms with E-state index >= 15 is 0 Å². The molecule has 1 aliphatic carbocycles. The summed E-state index contributed by atoms with van der Waals surface area (Å²) < 4.78 is 2.48. The van der Waals surface area contributed by atoms with Crippen LogP contribution in [0.2, 0.25) is 5.02 Å². The fraction of sp³-hybridized carbons (Fsp3) is 0.158. The predicted octanol–water partition coefficient (Wildman–Crippen LogP) is 16.3. The summed E-state index contributed by atoms with van der Waals surface area (Å²) in [7, 11) is 0. The molecule has 0 saturated heterocycles. The van der Waals surface area contributed by atoms with Crippen LogP contribution in [0, 0.1) is 0 Å². The molecule has 10 rings (SSSR count). The second kappa shape index (κ2) is 14.9. The van der Waals surface area contributed by atoms with E-state index in [1.807, 2.05) is 12.1 Å². The van der Waals surface area contributed by atoms with Crippen molar-refractivity contribution in [2.24, 2.45) is 0 Å². The third kappa shape index (κ3) is 6.06. The van der Waals surface area contributed by atoms with Crippen LogP contribution in [-0.4, -0.2) is 4.57 Å². The molecular formula is C57H48ClN. The van der Waals surface area contributed by atoms with E-state index in [4.69, 9.17) is 11.6 Å². The molecule has 8 aromatic carbocycles. The van der Waals surface area contributed by atoms with Gasteiger partial charge in [0.1, 0.15) is 0 Å². The highest BCUT2D eigenvalue weighted by Gasteiger charge is 2.36. The van der Waals surface area contributed by atoms with Gasteiger partial charge in [0.05, 0.1) is 11.0 Å². The molecule has 59 heavy (non-hydrogen) atoms. The summed E-state index contributed by atoms with van der Waals surface area (Å²) in [6.45, 7) is 9.37. The van der Waals surface area contributed by atoms with Gasteiger partial charge >= 0.3 is 0 Å². The van der Waals surface area contributed by atoms with Gasteiger partial charge in [0.15, 0.2) is 0 Å². The maximum atomic E-state index is 6.60.